The van der Waals surface area contributed by atoms with E-state index in [2.05, 4.69) is 25.6 Å². The van der Waals surface area contributed by atoms with Crippen LogP contribution >= 0.6 is 0 Å². The highest BCUT2D eigenvalue weighted by atomic mass is 16.3. The Morgan fingerprint density at radius 3 is 2.72 bits per heavy atom. The maximum Gasteiger partial charge on any atom is 0.279 e. The van der Waals surface area contributed by atoms with Crippen LogP contribution in [-0.2, 0) is 6.54 Å². The van der Waals surface area contributed by atoms with Crippen LogP contribution in [0.3, 0.4) is 0 Å². The minimum absolute atomic E-state index is 0.0904. The lowest BCUT2D eigenvalue weighted by Gasteiger charge is -2.08. The number of carbonyl (C=O) groups is 2. The molecular formula is C21H17N5O3. The van der Waals surface area contributed by atoms with E-state index in [1.807, 2.05) is 24.3 Å². The smallest absolute Gasteiger partial charge is 0.279 e. The van der Waals surface area contributed by atoms with Crippen LogP contribution < -0.4 is 10.6 Å². The minimum Gasteiger partial charge on any atom is -0.505 e. The molecule has 0 spiro atoms. The fraction of sp³-hybridized carbons (Fsp3) is 0.0476. The second-order valence-corrected chi connectivity index (χ2v) is 6.31. The fourth-order valence-corrected chi connectivity index (χ4v) is 2.94. The number of aromatic amines is 1. The van der Waals surface area contributed by atoms with Gasteiger partial charge in [0.05, 0.1) is 5.56 Å². The molecule has 0 aliphatic heterocycles. The number of pyridine rings is 2. The Bertz CT molecular complexity index is 1200. The number of nitrogens with one attached hydrogen (secondary N) is 3. The molecule has 0 aliphatic rings. The first kappa shape index (κ1) is 18.2. The molecule has 8 heteroatoms. The van der Waals surface area contributed by atoms with Crippen LogP contribution in [0.25, 0.3) is 10.9 Å². The predicted octanol–water partition coefficient (Wildman–Crippen LogP) is 2.85. The van der Waals surface area contributed by atoms with Gasteiger partial charge in [0.1, 0.15) is 11.6 Å². The van der Waals surface area contributed by atoms with E-state index in [1.54, 1.807) is 18.3 Å². The fourth-order valence-electron chi connectivity index (χ4n) is 2.94. The molecule has 3 heterocycles. The lowest BCUT2D eigenvalue weighted by molar-refractivity contribution is 0.0951. The van der Waals surface area contributed by atoms with Crippen LogP contribution in [0.2, 0.25) is 0 Å². The van der Waals surface area contributed by atoms with Crippen LogP contribution in [0.1, 0.15) is 26.4 Å². The number of aromatic hydroxyl groups is 1. The molecule has 0 radical (unpaired) electrons. The van der Waals surface area contributed by atoms with Crippen molar-refractivity contribution in [2.24, 2.45) is 0 Å². The molecule has 4 rings (SSSR count). The zero-order valence-corrected chi connectivity index (χ0v) is 15.2. The Hall–Kier alpha value is -4.20. The molecule has 4 N–H and O–H groups in total. The van der Waals surface area contributed by atoms with Gasteiger partial charge in [0, 0.05) is 36.0 Å². The van der Waals surface area contributed by atoms with E-state index >= 15 is 0 Å². The van der Waals surface area contributed by atoms with Gasteiger partial charge in [-0.3, -0.25) is 9.59 Å². The first-order chi connectivity index (χ1) is 14.1. The molecule has 0 aliphatic carbocycles. The highest BCUT2D eigenvalue weighted by molar-refractivity contribution is 6.06. The average Bonchev–Trinajstić information content (AvgIpc) is 3.17. The summed E-state index contributed by atoms with van der Waals surface area (Å²) < 4.78 is 0. The largest absolute Gasteiger partial charge is 0.505 e. The molecule has 0 unspecified atom stereocenters. The Morgan fingerprint density at radius 2 is 1.86 bits per heavy atom. The Labute approximate surface area is 165 Å². The van der Waals surface area contributed by atoms with E-state index in [1.165, 1.54) is 24.5 Å². The van der Waals surface area contributed by atoms with Crippen LogP contribution in [0.15, 0.2) is 67.1 Å². The Kier molecular flexibility index (Phi) is 4.90. The van der Waals surface area contributed by atoms with Crippen molar-refractivity contribution in [3.05, 3.63) is 83.9 Å². The van der Waals surface area contributed by atoms with Crippen molar-refractivity contribution in [3.8, 4) is 5.75 Å². The second-order valence-electron chi connectivity index (χ2n) is 6.31. The molecular weight excluding hydrogens is 370 g/mol. The van der Waals surface area contributed by atoms with Gasteiger partial charge in [-0.2, -0.15) is 0 Å². The summed E-state index contributed by atoms with van der Waals surface area (Å²) >= 11 is 0. The SMILES string of the molecule is O=C(Nc1cc(CNC(=O)c2c[nH]c3ccccc23)ccn1)c1ncccc1O. The van der Waals surface area contributed by atoms with E-state index in [4.69, 9.17) is 0 Å². The van der Waals surface area contributed by atoms with Crippen LogP contribution in [0.4, 0.5) is 5.82 Å². The summed E-state index contributed by atoms with van der Waals surface area (Å²) in [5, 5.41) is 16.0. The van der Waals surface area contributed by atoms with E-state index in [9.17, 15) is 14.7 Å². The van der Waals surface area contributed by atoms with Crippen molar-refractivity contribution in [2.45, 2.75) is 6.54 Å². The number of amides is 2. The molecule has 2 amide bonds. The van der Waals surface area contributed by atoms with E-state index in [0.29, 0.717) is 11.4 Å². The molecule has 0 saturated carbocycles. The molecule has 0 atom stereocenters. The number of aromatic nitrogens is 3. The summed E-state index contributed by atoms with van der Waals surface area (Å²) in [6, 6.07) is 13.9. The standard InChI is InChI=1S/C21H17N5O3/c27-17-6-3-8-23-19(17)21(29)26-18-10-13(7-9-22-18)11-25-20(28)15-12-24-16-5-2-1-4-14(15)16/h1-10,12,24,27H,11H2,(H,25,28)(H,22,26,29). The van der Waals surface area contributed by atoms with Crippen LogP contribution in [-0.4, -0.2) is 31.9 Å². The van der Waals surface area contributed by atoms with Gasteiger partial charge in [-0.25, -0.2) is 9.97 Å². The number of nitrogens with zero attached hydrogens (tertiary/aromatic N) is 2. The van der Waals surface area contributed by atoms with Crippen LogP contribution in [0.5, 0.6) is 5.75 Å². The van der Waals surface area contributed by atoms with Gasteiger partial charge in [0.2, 0.25) is 0 Å². The number of benzene rings is 1. The summed E-state index contributed by atoms with van der Waals surface area (Å²) in [5.41, 5.74) is 2.12. The maximum atomic E-state index is 12.5. The first-order valence-electron chi connectivity index (χ1n) is 8.86. The van der Waals surface area contributed by atoms with Gasteiger partial charge >= 0.3 is 0 Å². The van der Waals surface area contributed by atoms with Crippen molar-refractivity contribution in [1.82, 2.24) is 20.3 Å². The molecule has 8 nitrogen and oxygen atoms in total. The van der Waals surface area contributed by atoms with Crippen molar-refractivity contribution in [3.63, 3.8) is 0 Å². The highest BCUT2D eigenvalue weighted by Crippen LogP contribution is 2.18. The summed E-state index contributed by atoms with van der Waals surface area (Å²) in [4.78, 5) is 35.8. The van der Waals surface area contributed by atoms with Crippen molar-refractivity contribution < 1.29 is 14.7 Å². The van der Waals surface area contributed by atoms with E-state index in [-0.39, 0.29) is 23.9 Å². The number of rotatable bonds is 5. The lowest BCUT2D eigenvalue weighted by Crippen LogP contribution is -2.22. The van der Waals surface area contributed by atoms with Gasteiger partial charge in [-0.15, -0.1) is 0 Å². The van der Waals surface area contributed by atoms with E-state index < -0.39 is 5.91 Å². The number of hydrogen-bond donors (Lipinski definition) is 4. The summed E-state index contributed by atoms with van der Waals surface area (Å²) in [6.45, 7) is 0.262. The van der Waals surface area contributed by atoms with Gasteiger partial charge in [0.25, 0.3) is 11.8 Å². The zero-order chi connectivity index (χ0) is 20.2. The topological polar surface area (TPSA) is 120 Å². The normalized spacial score (nSPS) is 10.6. The molecule has 3 aromatic heterocycles. The molecule has 0 saturated heterocycles. The Balaban J connectivity index is 1.43. The quantitative estimate of drug-likeness (QED) is 0.420. The third-order valence-electron chi connectivity index (χ3n) is 4.35. The molecule has 1 aromatic carbocycles. The minimum atomic E-state index is -0.574. The number of para-hydroxylation sites is 1. The Morgan fingerprint density at radius 1 is 1.00 bits per heavy atom. The summed E-state index contributed by atoms with van der Waals surface area (Å²) in [5.74, 6) is -0.704. The van der Waals surface area contributed by atoms with Crippen LogP contribution in [0, 0.1) is 0 Å². The van der Waals surface area contributed by atoms with Gasteiger partial charge in [-0.05, 0) is 35.9 Å². The number of anilines is 1. The second kappa shape index (κ2) is 7.81. The third kappa shape index (κ3) is 3.91. The van der Waals surface area contributed by atoms with Gasteiger partial charge in [-0.1, -0.05) is 18.2 Å². The highest BCUT2D eigenvalue weighted by Gasteiger charge is 2.14. The lowest BCUT2D eigenvalue weighted by atomic mass is 10.1. The molecule has 144 valence electrons. The molecule has 4 aromatic rings. The summed E-state index contributed by atoms with van der Waals surface area (Å²) in [6.07, 6.45) is 4.62. The number of H-pyrrole nitrogens is 1. The third-order valence-corrected chi connectivity index (χ3v) is 4.35. The number of carbonyl (C=O) groups excluding carboxylic acids is 2. The first-order valence-corrected chi connectivity index (χ1v) is 8.86. The molecule has 0 fully saturated rings. The van der Waals surface area contributed by atoms with Crippen molar-refractivity contribution in [2.75, 3.05) is 5.32 Å². The van der Waals surface area contributed by atoms with Crippen molar-refractivity contribution in [1.29, 1.82) is 0 Å². The van der Waals surface area contributed by atoms with Crippen molar-refractivity contribution >= 4 is 28.5 Å². The maximum absolute atomic E-state index is 12.5. The zero-order valence-electron chi connectivity index (χ0n) is 15.2. The number of hydrogen-bond acceptors (Lipinski definition) is 5. The summed E-state index contributed by atoms with van der Waals surface area (Å²) in [7, 11) is 0. The molecule has 0 bridgehead atoms. The molecule has 29 heavy (non-hydrogen) atoms. The average molecular weight is 387 g/mol. The predicted molar refractivity (Wildman–Crippen MR) is 108 cm³/mol. The van der Waals surface area contributed by atoms with E-state index in [0.717, 1.165) is 16.5 Å². The van der Waals surface area contributed by atoms with Gasteiger partial charge in [0.15, 0.2) is 5.69 Å². The monoisotopic (exact) mass is 387 g/mol. The number of fused-ring (bicyclic) bond motifs is 1. The van der Waals surface area contributed by atoms with Gasteiger partial charge < -0.3 is 20.7 Å².